The van der Waals surface area contributed by atoms with Crippen LogP contribution >= 0.6 is 15.9 Å². The van der Waals surface area contributed by atoms with Crippen molar-refractivity contribution in [3.63, 3.8) is 0 Å². The zero-order valence-electron chi connectivity index (χ0n) is 11.4. The Bertz CT molecular complexity index is 432. The van der Waals surface area contributed by atoms with E-state index in [1.807, 2.05) is 11.7 Å². The highest BCUT2D eigenvalue weighted by molar-refractivity contribution is 9.10. The van der Waals surface area contributed by atoms with E-state index < -0.39 is 0 Å². The summed E-state index contributed by atoms with van der Waals surface area (Å²) in [7, 11) is 2.00. The number of aromatic nitrogens is 2. The molecule has 1 aliphatic rings. The van der Waals surface area contributed by atoms with Crippen LogP contribution in [0.3, 0.4) is 0 Å². The number of ether oxygens (including phenoxy) is 1. The number of nitrogens with two attached hydrogens (primary N) is 1. The fourth-order valence-corrected chi connectivity index (χ4v) is 3.49. The normalized spacial score (nSPS) is 27.9. The van der Waals surface area contributed by atoms with E-state index in [2.05, 4.69) is 34.9 Å². The number of halogens is 1. The predicted octanol–water partition coefficient (Wildman–Crippen LogP) is 2.04. The number of nitrogens with zero attached hydrogens (tertiary/aromatic N) is 2. The van der Waals surface area contributed by atoms with Gasteiger partial charge in [0.1, 0.15) is 0 Å². The van der Waals surface area contributed by atoms with Crippen molar-refractivity contribution in [1.82, 2.24) is 9.78 Å². The molecule has 1 aromatic heterocycles. The van der Waals surface area contributed by atoms with Crippen LogP contribution in [0.1, 0.15) is 31.7 Å². The lowest BCUT2D eigenvalue weighted by Gasteiger charge is -2.30. The number of hydrogen-bond acceptors (Lipinski definition) is 3. The molecule has 1 aliphatic heterocycles. The van der Waals surface area contributed by atoms with Gasteiger partial charge < -0.3 is 10.5 Å². The molecule has 1 aromatic rings. The Balaban J connectivity index is 2.30. The fourth-order valence-electron chi connectivity index (χ4n) is 2.74. The van der Waals surface area contributed by atoms with Crippen molar-refractivity contribution in [3.05, 3.63) is 15.9 Å². The first-order valence-corrected chi connectivity index (χ1v) is 7.35. The highest BCUT2D eigenvalue weighted by Gasteiger charge is 2.41. The number of rotatable bonds is 4. The molecule has 2 heterocycles. The van der Waals surface area contributed by atoms with E-state index in [9.17, 15) is 0 Å². The van der Waals surface area contributed by atoms with Crippen molar-refractivity contribution < 1.29 is 4.74 Å². The van der Waals surface area contributed by atoms with Crippen LogP contribution in [0.15, 0.2) is 4.47 Å². The summed E-state index contributed by atoms with van der Waals surface area (Å²) in [4.78, 5) is 0. The molecule has 2 N–H and O–H groups in total. The monoisotopic (exact) mass is 315 g/mol. The summed E-state index contributed by atoms with van der Waals surface area (Å²) >= 11 is 3.68. The van der Waals surface area contributed by atoms with Crippen molar-refractivity contribution in [3.8, 4) is 0 Å². The van der Waals surface area contributed by atoms with Gasteiger partial charge in [-0.15, -0.1) is 0 Å². The van der Waals surface area contributed by atoms with E-state index >= 15 is 0 Å². The van der Waals surface area contributed by atoms with E-state index in [0.717, 1.165) is 36.0 Å². The van der Waals surface area contributed by atoms with Crippen molar-refractivity contribution in [2.24, 2.45) is 18.2 Å². The lowest BCUT2D eigenvalue weighted by Crippen LogP contribution is -2.39. The van der Waals surface area contributed by atoms with Crippen LogP contribution in [0.25, 0.3) is 0 Å². The van der Waals surface area contributed by atoms with Crippen molar-refractivity contribution >= 4 is 15.9 Å². The number of aryl methyl sites for hydroxylation is 2. The Morgan fingerprint density at radius 3 is 2.78 bits per heavy atom. The summed E-state index contributed by atoms with van der Waals surface area (Å²) in [6.45, 7) is 5.73. The fraction of sp³-hybridized carbons (Fsp3) is 0.769. The van der Waals surface area contributed by atoms with Crippen LogP contribution in [-0.4, -0.2) is 29.0 Å². The molecule has 0 aromatic carbocycles. The van der Waals surface area contributed by atoms with Crippen LogP contribution in [-0.2, 0) is 24.6 Å². The molecule has 5 heteroatoms. The van der Waals surface area contributed by atoms with Gasteiger partial charge in [-0.25, -0.2) is 0 Å². The van der Waals surface area contributed by atoms with Crippen LogP contribution < -0.4 is 5.73 Å². The maximum atomic E-state index is 6.02. The molecule has 0 aliphatic carbocycles. The molecule has 0 saturated carbocycles. The van der Waals surface area contributed by atoms with E-state index in [1.54, 1.807) is 0 Å². The first-order valence-electron chi connectivity index (χ1n) is 6.56. The second kappa shape index (κ2) is 5.31. The summed E-state index contributed by atoms with van der Waals surface area (Å²) in [5, 5.41) is 4.55. The molecule has 2 rings (SSSR count). The minimum absolute atomic E-state index is 0.0569. The molecule has 0 radical (unpaired) electrons. The molecule has 0 spiro atoms. The minimum Gasteiger partial charge on any atom is -0.378 e. The summed E-state index contributed by atoms with van der Waals surface area (Å²) in [6.07, 6.45) is 3.11. The van der Waals surface area contributed by atoms with Crippen LogP contribution in [0.2, 0.25) is 0 Å². The molecule has 1 saturated heterocycles. The van der Waals surface area contributed by atoms with E-state index in [0.29, 0.717) is 6.54 Å². The molecule has 0 bridgehead atoms. The lowest BCUT2D eigenvalue weighted by molar-refractivity contribution is 0.0664. The summed E-state index contributed by atoms with van der Waals surface area (Å²) < 4.78 is 8.84. The van der Waals surface area contributed by atoms with Gasteiger partial charge in [-0.2, -0.15) is 5.10 Å². The molecular formula is C13H22BrN3O. The van der Waals surface area contributed by atoms with Gasteiger partial charge in [-0.1, -0.05) is 6.92 Å². The lowest BCUT2D eigenvalue weighted by atomic mass is 9.77. The van der Waals surface area contributed by atoms with Crippen LogP contribution in [0, 0.1) is 5.41 Å². The Hall–Kier alpha value is -0.390. The second-order valence-electron chi connectivity index (χ2n) is 5.19. The smallest absolute Gasteiger partial charge is 0.0766 e. The zero-order valence-corrected chi connectivity index (χ0v) is 13.0. The van der Waals surface area contributed by atoms with E-state index in [1.165, 1.54) is 5.69 Å². The minimum atomic E-state index is 0.0569. The molecule has 2 atom stereocenters. The maximum absolute atomic E-state index is 6.02. The average molecular weight is 316 g/mol. The molecule has 102 valence electrons. The Morgan fingerprint density at radius 2 is 2.33 bits per heavy atom. The largest absolute Gasteiger partial charge is 0.378 e. The van der Waals surface area contributed by atoms with Crippen molar-refractivity contribution in [1.29, 1.82) is 0 Å². The van der Waals surface area contributed by atoms with Crippen molar-refractivity contribution in [2.75, 3.05) is 13.2 Å². The highest BCUT2D eigenvalue weighted by Crippen LogP contribution is 2.39. The topological polar surface area (TPSA) is 53.1 Å². The van der Waals surface area contributed by atoms with Gasteiger partial charge in [0, 0.05) is 25.6 Å². The first-order chi connectivity index (χ1) is 8.54. The van der Waals surface area contributed by atoms with Crippen LogP contribution in [0.4, 0.5) is 0 Å². The molecule has 1 fully saturated rings. The molecule has 0 amide bonds. The van der Waals surface area contributed by atoms with Gasteiger partial charge in [0.05, 0.1) is 22.0 Å². The third-order valence-electron chi connectivity index (χ3n) is 4.26. The van der Waals surface area contributed by atoms with E-state index in [-0.39, 0.29) is 11.5 Å². The average Bonchev–Trinajstić information content (AvgIpc) is 2.85. The molecular weight excluding hydrogens is 294 g/mol. The summed E-state index contributed by atoms with van der Waals surface area (Å²) in [6, 6.07) is 0. The van der Waals surface area contributed by atoms with Gasteiger partial charge in [0.15, 0.2) is 0 Å². The third-order valence-corrected chi connectivity index (χ3v) is 5.17. The van der Waals surface area contributed by atoms with Crippen molar-refractivity contribution in [2.45, 2.75) is 39.2 Å². The third kappa shape index (κ3) is 2.24. The quantitative estimate of drug-likeness (QED) is 0.925. The van der Waals surface area contributed by atoms with Crippen LogP contribution in [0.5, 0.6) is 0 Å². The van der Waals surface area contributed by atoms with Gasteiger partial charge in [-0.05, 0) is 42.1 Å². The summed E-state index contributed by atoms with van der Waals surface area (Å²) in [5.41, 5.74) is 8.43. The van der Waals surface area contributed by atoms with Gasteiger partial charge in [-0.3, -0.25) is 4.68 Å². The zero-order chi connectivity index (χ0) is 13.3. The SMILES string of the molecule is CCc1nn(C)c(CC2(CN)CCOC2C)c1Br. The standard InChI is InChI=1S/C13H22BrN3O/c1-4-10-12(14)11(17(3)16-10)7-13(8-15)5-6-18-9(13)2/h9H,4-8,15H2,1-3H3. The Morgan fingerprint density at radius 1 is 1.61 bits per heavy atom. The number of hydrogen-bond donors (Lipinski definition) is 1. The Kier molecular flexibility index (Phi) is 4.14. The van der Waals surface area contributed by atoms with Gasteiger partial charge in [0.25, 0.3) is 0 Å². The Labute approximate surface area is 117 Å². The van der Waals surface area contributed by atoms with Gasteiger partial charge in [0.2, 0.25) is 0 Å². The summed E-state index contributed by atoms with van der Waals surface area (Å²) in [5.74, 6) is 0. The molecule has 18 heavy (non-hydrogen) atoms. The second-order valence-corrected chi connectivity index (χ2v) is 5.98. The molecule has 4 nitrogen and oxygen atoms in total. The van der Waals surface area contributed by atoms with E-state index in [4.69, 9.17) is 10.5 Å². The maximum Gasteiger partial charge on any atom is 0.0766 e. The highest BCUT2D eigenvalue weighted by atomic mass is 79.9. The molecule has 2 unspecified atom stereocenters. The van der Waals surface area contributed by atoms with Gasteiger partial charge >= 0.3 is 0 Å². The predicted molar refractivity (Wildman–Crippen MR) is 75.5 cm³/mol. The first kappa shape index (κ1) is 14.0.